The molecule has 3 nitrogen and oxygen atoms in total. The van der Waals surface area contributed by atoms with E-state index in [2.05, 4.69) is 18.3 Å². The van der Waals surface area contributed by atoms with Crippen LogP contribution in [0.4, 0.5) is 0 Å². The zero-order valence-corrected chi connectivity index (χ0v) is 9.82. The molecule has 2 rings (SSSR count). The number of nitrogens with zero attached hydrogens (tertiary/aromatic N) is 1. The van der Waals surface area contributed by atoms with Gasteiger partial charge in [0.1, 0.15) is 5.41 Å². The third-order valence-electron chi connectivity index (χ3n) is 3.32. The highest BCUT2D eigenvalue weighted by Gasteiger charge is 2.50. The van der Waals surface area contributed by atoms with Crippen molar-refractivity contribution < 1.29 is 4.79 Å². The lowest BCUT2D eigenvalue weighted by Crippen LogP contribution is -2.40. The molecule has 0 aromatic heterocycles. The average Bonchev–Trinajstić information content (AvgIpc) is 2.93. The van der Waals surface area contributed by atoms with Crippen LogP contribution < -0.4 is 5.32 Å². The Hall–Kier alpha value is -0.690. The van der Waals surface area contributed by atoms with E-state index in [4.69, 9.17) is 5.26 Å². The van der Waals surface area contributed by atoms with E-state index in [1.165, 1.54) is 12.2 Å². The molecule has 1 aliphatic carbocycles. The fourth-order valence-electron chi connectivity index (χ4n) is 1.93. The van der Waals surface area contributed by atoms with Crippen LogP contribution in [0.25, 0.3) is 0 Å². The summed E-state index contributed by atoms with van der Waals surface area (Å²) in [6.07, 6.45) is 3.87. The van der Waals surface area contributed by atoms with Gasteiger partial charge in [0.25, 0.3) is 0 Å². The first-order chi connectivity index (χ1) is 7.10. The molecule has 15 heavy (non-hydrogen) atoms. The molecule has 0 bridgehead atoms. The van der Waals surface area contributed by atoms with Crippen molar-refractivity contribution in [3.8, 4) is 6.07 Å². The highest BCUT2D eigenvalue weighted by Crippen LogP contribution is 2.45. The monoisotopic (exact) mass is 224 g/mol. The lowest BCUT2D eigenvalue weighted by Gasteiger charge is -2.23. The van der Waals surface area contributed by atoms with E-state index in [1.807, 2.05) is 11.8 Å². The van der Waals surface area contributed by atoms with Gasteiger partial charge in [0.15, 0.2) is 0 Å². The van der Waals surface area contributed by atoms with Crippen LogP contribution in [0.5, 0.6) is 0 Å². The Bertz CT molecular complexity index is 311. The van der Waals surface area contributed by atoms with Crippen molar-refractivity contribution in [2.75, 3.05) is 12.3 Å². The summed E-state index contributed by atoms with van der Waals surface area (Å²) >= 11 is 1.93. The maximum absolute atomic E-state index is 11.7. The normalized spacial score (nSPS) is 32.0. The summed E-state index contributed by atoms with van der Waals surface area (Å²) in [6, 6.07) is 2.12. The number of rotatable bonds is 3. The molecule has 4 heteroatoms. The Morgan fingerprint density at radius 3 is 2.73 bits per heavy atom. The summed E-state index contributed by atoms with van der Waals surface area (Å²) in [7, 11) is 0. The third-order valence-corrected chi connectivity index (χ3v) is 4.86. The third kappa shape index (κ3) is 2.12. The van der Waals surface area contributed by atoms with Gasteiger partial charge in [0.2, 0.25) is 5.91 Å². The molecule has 1 N–H and O–H groups in total. The molecular weight excluding hydrogens is 208 g/mol. The zero-order chi connectivity index (χ0) is 10.9. The molecule has 1 amide bonds. The second-order valence-electron chi connectivity index (χ2n) is 4.78. The fraction of sp³-hybridized carbons (Fsp3) is 0.818. The molecule has 1 atom stereocenters. The van der Waals surface area contributed by atoms with Gasteiger partial charge >= 0.3 is 0 Å². The van der Waals surface area contributed by atoms with Gasteiger partial charge in [-0.1, -0.05) is 0 Å². The van der Waals surface area contributed by atoms with Crippen LogP contribution in [0.1, 0.15) is 32.6 Å². The van der Waals surface area contributed by atoms with E-state index in [-0.39, 0.29) is 10.7 Å². The molecule has 0 aromatic rings. The predicted octanol–water partition coefficient (Wildman–Crippen LogP) is 1.69. The van der Waals surface area contributed by atoms with E-state index in [1.54, 1.807) is 0 Å². The van der Waals surface area contributed by atoms with E-state index in [9.17, 15) is 4.79 Å². The van der Waals surface area contributed by atoms with Gasteiger partial charge in [-0.25, -0.2) is 0 Å². The lowest BCUT2D eigenvalue weighted by molar-refractivity contribution is -0.124. The quantitative estimate of drug-likeness (QED) is 0.793. The molecule has 82 valence electrons. The Labute approximate surface area is 94.6 Å². The fourth-order valence-corrected chi connectivity index (χ4v) is 3.17. The number of carbonyl (C=O) groups is 1. The summed E-state index contributed by atoms with van der Waals surface area (Å²) in [5.74, 6) is 1.13. The van der Waals surface area contributed by atoms with Crippen LogP contribution in [0, 0.1) is 16.7 Å². The first-order valence-electron chi connectivity index (χ1n) is 5.44. The Kier molecular flexibility index (Phi) is 2.68. The summed E-state index contributed by atoms with van der Waals surface area (Å²) in [6.45, 7) is 2.90. The van der Waals surface area contributed by atoms with E-state index >= 15 is 0 Å². The Morgan fingerprint density at radius 2 is 2.27 bits per heavy atom. The van der Waals surface area contributed by atoms with Crippen LogP contribution in [-0.4, -0.2) is 23.0 Å². The molecule has 1 aliphatic heterocycles. The van der Waals surface area contributed by atoms with Crippen molar-refractivity contribution in [2.45, 2.75) is 37.4 Å². The average molecular weight is 224 g/mol. The summed E-state index contributed by atoms with van der Waals surface area (Å²) in [5, 5.41) is 11.8. The highest BCUT2D eigenvalue weighted by atomic mass is 32.2. The largest absolute Gasteiger partial charge is 0.353 e. The minimum absolute atomic E-state index is 0.0567. The molecule has 2 fully saturated rings. The molecule has 0 spiro atoms. The summed E-state index contributed by atoms with van der Waals surface area (Å²) in [4.78, 5) is 11.7. The number of thioether (sulfide) groups is 1. The van der Waals surface area contributed by atoms with Crippen molar-refractivity contribution in [1.82, 2.24) is 5.32 Å². The standard InChI is InChI=1S/C11H16N2OS/c1-10(3-2-6-15-10)8-13-9(14)11(7-12)4-5-11/h2-6,8H2,1H3,(H,13,14). The minimum Gasteiger partial charge on any atom is -0.353 e. The van der Waals surface area contributed by atoms with Gasteiger partial charge < -0.3 is 5.32 Å². The van der Waals surface area contributed by atoms with Crippen LogP contribution >= 0.6 is 11.8 Å². The SMILES string of the molecule is CC1(CNC(=O)C2(C#N)CC2)CCCS1. The number of nitriles is 1. The molecule has 2 aliphatic rings. The molecule has 1 saturated carbocycles. The predicted molar refractivity (Wildman–Crippen MR) is 60.4 cm³/mol. The first kappa shape index (κ1) is 10.8. The number of nitrogens with one attached hydrogen (secondary N) is 1. The van der Waals surface area contributed by atoms with Crippen LogP contribution in [0.15, 0.2) is 0 Å². The number of carbonyl (C=O) groups excluding carboxylic acids is 1. The maximum Gasteiger partial charge on any atom is 0.240 e. The minimum atomic E-state index is -0.667. The summed E-state index contributed by atoms with van der Waals surface area (Å²) in [5.41, 5.74) is -0.667. The van der Waals surface area contributed by atoms with E-state index < -0.39 is 5.41 Å². The Morgan fingerprint density at radius 1 is 1.53 bits per heavy atom. The van der Waals surface area contributed by atoms with Crippen molar-refractivity contribution >= 4 is 17.7 Å². The topological polar surface area (TPSA) is 52.9 Å². The van der Waals surface area contributed by atoms with Crippen LogP contribution in [-0.2, 0) is 4.79 Å². The van der Waals surface area contributed by atoms with Crippen LogP contribution in [0.2, 0.25) is 0 Å². The second kappa shape index (κ2) is 3.71. The van der Waals surface area contributed by atoms with Crippen molar-refractivity contribution in [3.63, 3.8) is 0 Å². The zero-order valence-electron chi connectivity index (χ0n) is 9.01. The first-order valence-corrected chi connectivity index (χ1v) is 6.42. The molecule has 1 saturated heterocycles. The molecule has 0 radical (unpaired) electrons. The lowest BCUT2D eigenvalue weighted by atomic mass is 10.0. The van der Waals surface area contributed by atoms with Gasteiger partial charge in [0, 0.05) is 11.3 Å². The van der Waals surface area contributed by atoms with Gasteiger partial charge in [-0.3, -0.25) is 4.79 Å². The summed E-state index contributed by atoms with van der Waals surface area (Å²) < 4.78 is 0.196. The van der Waals surface area contributed by atoms with Crippen molar-refractivity contribution in [3.05, 3.63) is 0 Å². The second-order valence-corrected chi connectivity index (χ2v) is 6.46. The highest BCUT2D eigenvalue weighted by molar-refractivity contribution is 8.00. The number of amides is 1. The molecule has 1 unspecified atom stereocenters. The van der Waals surface area contributed by atoms with Crippen molar-refractivity contribution in [1.29, 1.82) is 5.26 Å². The van der Waals surface area contributed by atoms with Gasteiger partial charge in [-0.05, 0) is 38.4 Å². The van der Waals surface area contributed by atoms with Gasteiger partial charge in [0.05, 0.1) is 6.07 Å². The molecular formula is C11H16N2OS. The van der Waals surface area contributed by atoms with Gasteiger partial charge in [-0.15, -0.1) is 0 Å². The molecule has 0 aromatic carbocycles. The van der Waals surface area contributed by atoms with Crippen LogP contribution in [0.3, 0.4) is 0 Å². The van der Waals surface area contributed by atoms with E-state index in [0.717, 1.165) is 19.3 Å². The van der Waals surface area contributed by atoms with Crippen molar-refractivity contribution in [2.24, 2.45) is 5.41 Å². The number of hydrogen-bond donors (Lipinski definition) is 1. The smallest absolute Gasteiger partial charge is 0.240 e. The Balaban J connectivity index is 1.84. The molecule has 1 heterocycles. The maximum atomic E-state index is 11.7. The van der Waals surface area contributed by atoms with Gasteiger partial charge in [-0.2, -0.15) is 17.0 Å². The van der Waals surface area contributed by atoms with E-state index in [0.29, 0.717) is 6.54 Å². The number of hydrogen-bond acceptors (Lipinski definition) is 3.